The van der Waals surface area contributed by atoms with Gasteiger partial charge in [0.1, 0.15) is 6.61 Å². The van der Waals surface area contributed by atoms with Gasteiger partial charge in [-0.15, -0.1) is 16.4 Å². The van der Waals surface area contributed by atoms with E-state index >= 15 is 0 Å². The Labute approximate surface area is 219 Å². The monoisotopic (exact) mass is 555 g/mol. The molecule has 1 aliphatic rings. The molecule has 0 saturated carbocycles. The minimum atomic E-state index is -0.653. The molecule has 0 bridgehead atoms. The number of Topliss-reactive ketones (excluding diaryl/α,β-unsaturated/α-hetero) is 1. The van der Waals surface area contributed by atoms with Crippen LogP contribution in [0, 0.1) is 0 Å². The number of nitrogens with zero attached hydrogens (tertiary/aromatic N) is 1. The lowest BCUT2D eigenvalue weighted by Crippen LogP contribution is -2.32. The van der Waals surface area contributed by atoms with Gasteiger partial charge >= 0.3 is 11.9 Å². The first kappa shape index (κ1) is 27.8. The van der Waals surface area contributed by atoms with Crippen LogP contribution in [-0.4, -0.2) is 66.9 Å². The maximum Gasteiger partial charge on any atom is 0.334 e. The second-order valence-electron chi connectivity index (χ2n) is 7.44. The average molecular weight is 556 g/mol. The third-order valence-electron chi connectivity index (χ3n) is 4.95. The average Bonchev–Trinajstić information content (AvgIpc) is 3.43. The van der Waals surface area contributed by atoms with Crippen LogP contribution in [0.1, 0.15) is 41.8 Å². The molecule has 13 heteroatoms. The van der Waals surface area contributed by atoms with Gasteiger partial charge in [0, 0.05) is 41.5 Å². The van der Waals surface area contributed by atoms with Gasteiger partial charge < -0.3 is 19.0 Å². The van der Waals surface area contributed by atoms with E-state index in [9.17, 15) is 24.0 Å². The lowest BCUT2D eigenvalue weighted by Gasteiger charge is -2.12. The van der Waals surface area contributed by atoms with Crippen LogP contribution in [0.5, 0.6) is 11.5 Å². The van der Waals surface area contributed by atoms with E-state index in [2.05, 4.69) is 0 Å². The van der Waals surface area contributed by atoms with E-state index in [1.165, 1.54) is 32.9 Å². The molecule has 36 heavy (non-hydrogen) atoms. The van der Waals surface area contributed by atoms with Crippen LogP contribution < -0.4 is 9.47 Å². The molecule has 1 aromatic carbocycles. The summed E-state index contributed by atoms with van der Waals surface area (Å²) in [6.07, 6.45) is 0.178. The number of hydroxylamine groups is 2. The maximum absolute atomic E-state index is 12.5. The molecule has 0 aliphatic carbocycles. The van der Waals surface area contributed by atoms with Crippen molar-refractivity contribution in [3.8, 4) is 11.5 Å². The number of benzene rings is 1. The Kier molecular flexibility index (Phi) is 10.4. The van der Waals surface area contributed by atoms with Gasteiger partial charge in [-0.25, -0.2) is 4.79 Å². The normalized spacial score (nSPS) is 13.2. The van der Waals surface area contributed by atoms with Crippen molar-refractivity contribution in [2.24, 2.45) is 0 Å². The summed E-state index contributed by atoms with van der Waals surface area (Å²) < 4.78 is 16.6. The van der Waals surface area contributed by atoms with E-state index in [1.54, 1.807) is 20.3 Å². The van der Waals surface area contributed by atoms with E-state index in [0.29, 0.717) is 32.9 Å². The summed E-state index contributed by atoms with van der Waals surface area (Å²) in [5.41, 5.74) is 0. The molecule has 1 aromatic heterocycles. The second kappa shape index (κ2) is 13.5. The summed E-state index contributed by atoms with van der Waals surface area (Å²) in [5, 5.41) is 1.39. The highest BCUT2D eigenvalue weighted by Crippen LogP contribution is 2.36. The number of methoxy groups -OCH3 is 2. The summed E-state index contributed by atoms with van der Waals surface area (Å²) in [7, 11) is 5.89. The van der Waals surface area contributed by atoms with Crippen LogP contribution in [0.2, 0.25) is 0 Å². The number of thiophene rings is 1. The SMILES string of the molecule is COc1cc2cc(C(=O)CCC(=O)OCCSSCCC(=O)ON3C(=O)CCC3=O)sc2cc1OC. The lowest BCUT2D eigenvalue weighted by molar-refractivity contribution is -0.197. The van der Waals surface area contributed by atoms with Crippen molar-refractivity contribution in [1.82, 2.24) is 5.06 Å². The molecule has 194 valence electrons. The highest BCUT2D eigenvalue weighted by Gasteiger charge is 2.32. The maximum atomic E-state index is 12.5. The first-order chi connectivity index (χ1) is 17.3. The third-order valence-corrected chi connectivity index (χ3v) is 8.46. The third kappa shape index (κ3) is 7.61. The van der Waals surface area contributed by atoms with Crippen LogP contribution in [0.25, 0.3) is 10.1 Å². The van der Waals surface area contributed by atoms with Crippen LogP contribution in [-0.2, 0) is 28.8 Å². The molecule has 1 saturated heterocycles. The molecule has 3 rings (SSSR count). The fraction of sp³-hybridized carbons (Fsp3) is 0.435. The van der Waals surface area contributed by atoms with Gasteiger partial charge in [-0.1, -0.05) is 21.6 Å². The number of ketones is 1. The molecule has 0 atom stereocenters. The van der Waals surface area contributed by atoms with Crippen molar-refractivity contribution >= 4 is 72.5 Å². The largest absolute Gasteiger partial charge is 0.493 e. The van der Waals surface area contributed by atoms with Crippen molar-refractivity contribution < 1.29 is 43.0 Å². The molecule has 2 amide bonds. The fourth-order valence-corrected chi connectivity index (χ4v) is 5.99. The molecule has 0 unspecified atom stereocenters. The molecule has 0 N–H and O–H groups in total. The molecule has 0 radical (unpaired) electrons. The summed E-state index contributed by atoms with van der Waals surface area (Å²) in [4.78, 5) is 64.4. The van der Waals surface area contributed by atoms with Gasteiger partial charge in [-0.2, -0.15) is 0 Å². The number of fused-ring (bicyclic) bond motifs is 1. The van der Waals surface area contributed by atoms with Gasteiger partial charge in [0.25, 0.3) is 11.8 Å². The van der Waals surface area contributed by atoms with Crippen molar-refractivity contribution in [3.63, 3.8) is 0 Å². The Balaban J connectivity index is 1.28. The fourth-order valence-electron chi connectivity index (χ4n) is 3.15. The van der Waals surface area contributed by atoms with Gasteiger partial charge in [-0.3, -0.25) is 19.2 Å². The van der Waals surface area contributed by atoms with E-state index in [0.717, 1.165) is 10.1 Å². The van der Waals surface area contributed by atoms with Crippen LogP contribution in [0.3, 0.4) is 0 Å². The summed E-state index contributed by atoms with van der Waals surface area (Å²) in [6, 6.07) is 5.40. The molecular weight excluding hydrogens is 530 g/mol. The highest BCUT2D eigenvalue weighted by atomic mass is 33.1. The number of carbonyl (C=O) groups excluding carboxylic acids is 5. The summed E-state index contributed by atoms with van der Waals surface area (Å²) in [6.45, 7) is 0.175. The molecule has 0 spiro atoms. The quantitative estimate of drug-likeness (QED) is 0.111. The number of carbonyl (C=O) groups is 5. The van der Waals surface area contributed by atoms with Crippen molar-refractivity contribution in [2.45, 2.75) is 32.1 Å². The number of hydrogen-bond acceptors (Lipinski definition) is 12. The van der Waals surface area contributed by atoms with Crippen molar-refractivity contribution in [2.75, 3.05) is 32.3 Å². The number of imide groups is 1. The first-order valence-corrected chi connectivity index (χ1v) is 14.3. The highest BCUT2D eigenvalue weighted by molar-refractivity contribution is 8.76. The molecule has 2 aromatic rings. The van der Waals surface area contributed by atoms with E-state index in [1.807, 2.05) is 12.1 Å². The number of esters is 1. The van der Waals surface area contributed by atoms with E-state index in [4.69, 9.17) is 19.0 Å². The molecule has 10 nitrogen and oxygen atoms in total. The van der Waals surface area contributed by atoms with Gasteiger partial charge in [0.2, 0.25) is 0 Å². The first-order valence-electron chi connectivity index (χ1n) is 11.0. The standard InChI is InChI=1S/C23H25NO9S3/c1-30-16-11-14-12-19(36-18(14)13-17(16)31-2)15(25)3-6-22(28)32-8-10-35-34-9-7-23(29)33-24-20(26)4-5-21(24)27/h11-13H,3-10H2,1-2H3. The molecule has 1 fully saturated rings. The van der Waals surface area contributed by atoms with Crippen LogP contribution >= 0.6 is 32.9 Å². The Bertz CT molecular complexity index is 1090. The molecule has 1 aliphatic heterocycles. The van der Waals surface area contributed by atoms with Gasteiger partial charge in [-0.05, 0) is 17.5 Å². The zero-order valence-electron chi connectivity index (χ0n) is 19.7. The topological polar surface area (TPSA) is 126 Å². The molecular formula is C23H25NO9S3. The second-order valence-corrected chi connectivity index (χ2v) is 11.2. The Morgan fingerprint density at radius 2 is 1.56 bits per heavy atom. The number of hydrogen-bond donors (Lipinski definition) is 0. The molecule has 2 heterocycles. The van der Waals surface area contributed by atoms with Gasteiger partial charge in [0.15, 0.2) is 17.3 Å². The van der Waals surface area contributed by atoms with E-state index < -0.39 is 23.8 Å². The zero-order valence-corrected chi connectivity index (χ0v) is 22.2. The number of rotatable bonds is 14. The number of amides is 2. The lowest BCUT2D eigenvalue weighted by atomic mass is 10.1. The smallest absolute Gasteiger partial charge is 0.334 e. The minimum Gasteiger partial charge on any atom is -0.493 e. The summed E-state index contributed by atoms with van der Waals surface area (Å²) in [5.74, 6) is -0.191. The van der Waals surface area contributed by atoms with E-state index in [-0.39, 0.29) is 44.5 Å². The Morgan fingerprint density at radius 3 is 2.25 bits per heavy atom. The van der Waals surface area contributed by atoms with Crippen molar-refractivity contribution in [3.05, 3.63) is 23.1 Å². The minimum absolute atomic E-state index is 0.0166. The predicted molar refractivity (Wildman–Crippen MR) is 136 cm³/mol. The van der Waals surface area contributed by atoms with Crippen molar-refractivity contribution in [1.29, 1.82) is 0 Å². The number of ether oxygens (including phenoxy) is 3. The summed E-state index contributed by atoms with van der Waals surface area (Å²) >= 11 is 1.33. The predicted octanol–water partition coefficient (Wildman–Crippen LogP) is 3.80. The zero-order chi connectivity index (χ0) is 26.1. The Morgan fingerprint density at radius 1 is 0.889 bits per heavy atom. The van der Waals surface area contributed by atoms with Crippen LogP contribution in [0.15, 0.2) is 18.2 Å². The van der Waals surface area contributed by atoms with Crippen LogP contribution in [0.4, 0.5) is 0 Å². The Hall–Kier alpha value is -2.77. The van der Waals surface area contributed by atoms with Gasteiger partial charge in [0.05, 0.1) is 31.9 Å².